The van der Waals surface area contributed by atoms with Crippen LogP contribution in [0.4, 0.5) is 4.79 Å². The lowest BCUT2D eigenvalue weighted by Gasteiger charge is -2.27. The molecule has 32 heavy (non-hydrogen) atoms. The molecule has 0 heterocycles. The van der Waals surface area contributed by atoms with Gasteiger partial charge in [-0.2, -0.15) is 0 Å². The van der Waals surface area contributed by atoms with Crippen LogP contribution in [-0.4, -0.2) is 66.8 Å². The zero-order valence-electron chi connectivity index (χ0n) is 19.9. The van der Waals surface area contributed by atoms with Crippen molar-refractivity contribution in [3.8, 4) is 0 Å². The molecule has 0 aromatic rings. The number of aliphatic hydroxyl groups is 1. The van der Waals surface area contributed by atoms with Crippen molar-refractivity contribution in [3.63, 3.8) is 0 Å². The van der Waals surface area contributed by atoms with Gasteiger partial charge >= 0.3 is 12.0 Å². The fraction of sp³-hybridized carbons (Fsp3) is 0.818. The molecule has 0 aliphatic heterocycles. The number of hydrogen-bond donors (Lipinski definition) is 5. The topological polar surface area (TPSA) is 146 Å². The Kier molecular flexibility index (Phi) is 12.0. The lowest BCUT2D eigenvalue weighted by atomic mass is 9.96. The highest BCUT2D eigenvalue weighted by molar-refractivity contribution is 5.93. The van der Waals surface area contributed by atoms with E-state index in [1.165, 1.54) is 7.11 Å². The third-order valence-corrected chi connectivity index (χ3v) is 5.50. The zero-order valence-corrected chi connectivity index (χ0v) is 19.9. The van der Waals surface area contributed by atoms with Gasteiger partial charge < -0.3 is 31.1 Å². The summed E-state index contributed by atoms with van der Waals surface area (Å²) in [5.74, 6) is -1.92. The van der Waals surface area contributed by atoms with Gasteiger partial charge in [0, 0.05) is 6.04 Å². The summed E-state index contributed by atoms with van der Waals surface area (Å²) in [5.41, 5.74) is 0. The molecule has 0 bridgehead atoms. The van der Waals surface area contributed by atoms with Gasteiger partial charge in [0.2, 0.25) is 11.8 Å². The van der Waals surface area contributed by atoms with Gasteiger partial charge in [-0.05, 0) is 31.1 Å². The van der Waals surface area contributed by atoms with Crippen molar-refractivity contribution in [1.29, 1.82) is 0 Å². The molecule has 1 saturated carbocycles. The van der Waals surface area contributed by atoms with Crippen LogP contribution in [0.2, 0.25) is 0 Å². The first-order valence-electron chi connectivity index (χ1n) is 11.4. The van der Waals surface area contributed by atoms with E-state index >= 15 is 0 Å². The average Bonchev–Trinajstić information content (AvgIpc) is 2.74. The van der Waals surface area contributed by atoms with E-state index in [0.717, 1.165) is 32.1 Å². The van der Waals surface area contributed by atoms with Crippen molar-refractivity contribution < 1.29 is 29.0 Å². The largest absolute Gasteiger partial charge is 0.467 e. The molecule has 1 aliphatic rings. The molecule has 0 spiro atoms. The number of methoxy groups -OCH3 is 1. The highest BCUT2D eigenvalue weighted by Gasteiger charge is 2.31. The maximum absolute atomic E-state index is 12.8. The van der Waals surface area contributed by atoms with Crippen LogP contribution in [0.15, 0.2) is 0 Å². The lowest BCUT2D eigenvalue weighted by Crippen LogP contribution is -2.58. The molecular weight excluding hydrogens is 416 g/mol. The molecule has 1 fully saturated rings. The third-order valence-electron chi connectivity index (χ3n) is 5.50. The van der Waals surface area contributed by atoms with Crippen LogP contribution in [0.25, 0.3) is 0 Å². The van der Waals surface area contributed by atoms with Crippen molar-refractivity contribution in [2.75, 3.05) is 13.7 Å². The van der Waals surface area contributed by atoms with Crippen molar-refractivity contribution >= 4 is 23.8 Å². The zero-order chi connectivity index (χ0) is 24.3. The number of amides is 4. The number of carbonyl (C=O) groups is 4. The summed E-state index contributed by atoms with van der Waals surface area (Å²) in [7, 11) is 1.24. The SMILES string of the molecule is COC(=O)[C@@H](NC(=O)[C@H](CC(C)C)NC(=O)[C@H](CO)NC(=O)NC1CCCCC1)C(C)C. The van der Waals surface area contributed by atoms with Gasteiger partial charge in [0.05, 0.1) is 13.7 Å². The summed E-state index contributed by atoms with van der Waals surface area (Å²) in [6.45, 7) is 6.72. The van der Waals surface area contributed by atoms with E-state index in [2.05, 4.69) is 21.3 Å². The molecule has 0 aromatic carbocycles. The molecule has 0 saturated heterocycles. The normalized spacial score (nSPS) is 17.2. The van der Waals surface area contributed by atoms with E-state index < -0.39 is 48.5 Å². The minimum Gasteiger partial charge on any atom is -0.467 e. The second-order valence-corrected chi connectivity index (χ2v) is 9.13. The van der Waals surface area contributed by atoms with Crippen LogP contribution in [0.1, 0.15) is 66.2 Å². The Morgan fingerprint density at radius 3 is 2.00 bits per heavy atom. The first-order valence-corrected chi connectivity index (χ1v) is 11.4. The minimum atomic E-state index is -1.21. The summed E-state index contributed by atoms with van der Waals surface area (Å²) in [6, 6.07) is -3.47. The van der Waals surface area contributed by atoms with E-state index in [0.29, 0.717) is 6.42 Å². The molecule has 0 radical (unpaired) electrons. The molecule has 184 valence electrons. The van der Waals surface area contributed by atoms with Crippen LogP contribution < -0.4 is 21.3 Å². The Hall–Kier alpha value is -2.36. The number of carbonyl (C=O) groups excluding carboxylic acids is 4. The van der Waals surface area contributed by atoms with Crippen LogP contribution in [0.3, 0.4) is 0 Å². The Labute approximate surface area is 190 Å². The average molecular weight is 457 g/mol. The maximum atomic E-state index is 12.8. The molecule has 5 N–H and O–H groups in total. The molecule has 0 aromatic heterocycles. The summed E-state index contributed by atoms with van der Waals surface area (Å²) >= 11 is 0. The Balaban J connectivity index is 2.77. The smallest absolute Gasteiger partial charge is 0.328 e. The summed E-state index contributed by atoms with van der Waals surface area (Å²) in [4.78, 5) is 49.8. The molecule has 10 nitrogen and oxygen atoms in total. The van der Waals surface area contributed by atoms with Crippen LogP contribution in [0, 0.1) is 11.8 Å². The minimum absolute atomic E-state index is 0.0527. The molecular formula is C22H40N4O6. The fourth-order valence-electron chi connectivity index (χ4n) is 3.68. The predicted octanol–water partition coefficient (Wildman–Crippen LogP) is 0.824. The number of esters is 1. The van der Waals surface area contributed by atoms with Gasteiger partial charge in [0.1, 0.15) is 18.1 Å². The van der Waals surface area contributed by atoms with Crippen LogP contribution in [-0.2, 0) is 19.1 Å². The summed E-state index contributed by atoms with van der Waals surface area (Å²) in [6.07, 6.45) is 5.33. The van der Waals surface area contributed by atoms with E-state index in [1.807, 2.05) is 13.8 Å². The maximum Gasteiger partial charge on any atom is 0.328 e. The van der Waals surface area contributed by atoms with Gasteiger partial charge in [-0.25, -0.2) is 9.59 Å². The molecule has 3 atom stereocenters. The molecule has 0 unspecified atom stereocenters. The van der Waals surface area contributed by atoms with Crippen LogP contribution >= 0.6 is 0 Å². The molecule has 4 amide bonds. The van der Waals surface area contributed by atoms with E-state index in [9.17, 15) is 24.3 Å². The fourth-order valence-corrected chi connectivity index (χ4v) is 3.68. The number of urea groups is 1. The second kappa shape index (κ2) is 13.9. The first kappa shape index (κ1) is 27.7. The Morgan fingerprint density at radius 1 is 0.906 bits per heavy atom. The van der Waals surface area contributed by atoms with Gasteiger partial charge in [0.25, 0.3) is 0 Å². The second-order valence-electron chi connectivity index (χ2n) is 9.13. The van der Waals surface area contributed by atoms with Gasteiger partial charge in [-0.15, -0.1) is 0 Å². The lowest BCUT2D eigenvalue weighted by molar-refractivity contribution is -0.146. The predicted molar refractivity (Wildman–Crippen MR) is 120 cm³/mol. The van der Waals surface area contributed by atoms with E-state index in [-0.39, 0.29) is 17.9 Å². The van der Waals surface area contributed by atoms with Crippen LogP contribution in [0.5, 0.6) is 0 Å². The molecule has 10 heteroatoms. The number of rotatable bonds is 11. The number of nitrogens with one attached hydrogen (secondary N) is 4. The van der Waals surface area contributed by atoms with Crippen molar-refractivity contribution in [2.24, 2.45) is 11.8 Å². The summed E-state index contributed by atoms with van der Waals surface area (Å²) in [5, 5.41) is 20.2. The Bertz CT molecular complexity index is 634. The van der Waals surface area contributed by atoms with Crippen molar-refractivity contribution in [1.82, 2.24) is 21.3 Å². The van der Waals surface area contributed by atoms with Gasteiger partial charge in [0.15, 0.2) is 0 Å². The molecule has 1 aliphatic carbocycles. The van der Waals surface area contributed by atoms with Gasteiger partial charge in [-0.1, -0.05) is 47.0 Å². The number of aliphatic hydroxyl groups excluding tert-OH is 1. The highest BCUT2D eigenvalue weighted by Crippen LogP contribution is 2.17. The number of ether oxygens (including phenoxy) is 1. The first-order chi connectivity index (χ1) is 15.1. The van der Waals surface area contributed by atoms with Gasteiger partial charge in [-0.3, -0.25) is 9.59 Å². The standard InChI is InChI=1S/C22H40N4O6/c1-13(2)11-16(19(28)26-18(14(3)4)21(30)32-5)24-20(29)17(12-27)25-22(31)23-15-9-7-6-8-10-15/h13-18,27H,6-12H2,1-5H3,(H,24,29)(H,26,28)(H2,23,25,31)/t16-,17-,18-/m0/s1. The highest BCUT2D eigenvalue weighted by atomic mass is 16.5. The van der Waals surface area contributed by atoms with Crippen molar-refractivity contribution in [3.05, 3.63) is 0 Å². The van der Waals surface area contributed by atoms with Crippen molar-refractivity contribution in [2.45, 2.75) is 90.4 Å². The summed E-state index contributed by atoms with van der Waals surface area (Å²) < 4.78 is 4.75. The molecule has 1 rings (SSSR count). The van der Waals surface area contributed by atoms with E-state index in [4.69, 9.17) is 4.74 Å². The monoisotopic (exact) mass is 456 g/mol. The number of hydrogen-bond acceptors (Lipinski definition) is 6. The quantitative estimate of drug-likeness (QED) is 0.291. The van der Waals surface area contributed by atoms with E-state index in [1.54, 1.807) is 13.8 Å². The third kappa shape index (κ3) is 9.42. The Morgan fingerprint density at radius 2 is 1.50 bits per heavy atom.